The fourth-order valence-electron chi connectivity index (χ4n) is 7.69. The average Bonchev–Trinajstić information content (AvgIpc) is 3.58. The highest BCUT2D eigenvalue weighted by molar-refractivity contribution is 6.23. The molecule has 0 aliphatic carbocycles. The van der Waals surface area contributed by atoms with Gasteiger partial charge in [0.05, 0.1) is 5.69 Å². The van der Waals surface area contributed by atoms with E-state index in [1.807, 2.05) is 12.1 Å². The Labute approximate surface area is 290 Å². The third-order valence-electron chi connectivity index (χ3n) is 10.0. The molecular formula is C48H31NO. The molecule has 0 aliphatic rings. The summed E-state index contributed by atoms with van der Waals surface area (Å²) < 4.78 is 6.49. The third kappa shape index (κ3) is 4.57. The summed E-state index contributed by atoms with van der Waals surface area (Å²) in [5, 5.41) is 9.73. The number of benzene rings is 9. The predicted molar refractivity (Wildman–Crippen MR) is 212 cm³/mol. The molecule has 0 amide bonds. The summed E-state index contributed by atoms with van der Waals surface area (Å²) in [6.45, 7) is 0. The van der Waals surface area contributed by atoms with Gasteiger partial charge in [-0.2, -0.15) is 0 Å². The second-order valence-electron chi connectivity index (χ2n) is 12.9. The lowest BCUT2D eigenvalue weighted by Crippen LogP contribution is -2.11. The first-order valence-electron chi connectivity index (χ1n) is 17.1. The normalized spacial score (nSPS) is 11.6. The van der Waals surface area contributed by atoms with Crippen LogP contribution >= 0.6 is 0 Å². The Balaban J connectivity index is 1.22. The molecule has 10 aromatic rings. The predicted octanol–water partition coefficient (Wildman–Crippen LogP) is 13.8. The number of para-hydroxylation sites is 2. The molecule has 9 aromatic carbocycles. The molecule has 10 rings (SSSR count). The van der Waals surface area contributed by atoms with Crippen molar-refractivity contribution in [2.45, 2.75) is 0 Å². The Morgan fingerprint density at radius 2 is 1.00 bits per heavy atom. The van der Waals surface area contributed by atoms with Gasteiger partial charge in [-0.3, -0.25) is 0 Å². The van der Waals surface area contributed by atoms with E-state index >= 15 is 0 Å². The van der Waals surface area contributed by atoms with Crippen LogP contribution in [0, 0.1) is 0 Å². The summed E-state index contributed by atoms with van der Waals surface area (Å²) in [7, 11) is 0. The van der Waals surface area contributed by atoms with Gasteiger partial charge in [0.2, 0.25) is 0 Å². The van der Waals surface area contributed by atoms with Crippen LogP contribution in [-0.2, 0) is 0 Å². The van der Waals surface area contributed by atoms with E-state index in [1.54, 1.807) is 0 Å². The zero-order valence-corrected chi connectivity index (χ0v) is 27.3. The first-order chi connectivity index (χ1) is 24.8. The highest BCUT2D eigenvalue weighted by atomic mass is 16.3. The minimum absolute atomic E-state index is 0.904. The van der Waals surface area contributed by atoms with Crippen molar-refractivity contribution < 1.29 is 4.42 Å². The maximum absolute atomic E-state index is 6.49. The Bertz CT molecular complexity index is 2870. The van der Waals surface area contributed by atoms with E-state index in [0.717, 1.165) is 50.1 Å². The zero-order valence-electron chi connectivity index (χ0n) is 27.3. The van der Waals surface area contributed by atoms with Gasteiger partial charge in [0, 0.05) is 33.1 Å². The quantitative estimate of drug-likeness (QED) is 0.175. The van der Waals surface area contributed by atoms with Gasteiger partial charge < -0.3 is 9.32 Å². The number of hydrogen-bond acceptors (Lipinski definition) is 2. The van der Waals surface area contributed by atoms with Crippen LogP contribution in [-0.4, -0.2) is 0 Å². The highest BCUT2D eigenvalue weighted by Crippen LogP contribution is 2.45. The van der Waals surface area contributed by atoms with Crippen molar-refractivity contribution in [3.63, 3.8) is 0 Å². The van der Waals surface area contributed by atoms with Gasteiger partial charge in [-0.15, -0.1) is 0 Å². The first-order valence-corrected chi connectivity index (χ1v) is 17.1. The Hall–Kier alpha value is -6.64. The summed E-state index contributed by atoms with van der Waals surface area (Å²) >= 11 is 0. The van der Waals surface area contributed by atoms with Gasteiger partial charge in [0.15, 0.2) is 0 Å². The smallest absolute Gasteiger partial charge is 0.143 e. The molecule has 0 saturated carbocycles. The van der Waals surface area contributed by atoms with Crippen LogP contribution in [0.25, 0.3) is 76.5 Å². The van der Waals surface area contributed by atoms with Gasteiger partial charge in [0.25, 0.3) is 0 Å². The van der Waals surface area contributed by atoms with E-state index in [9.17, 15) is 0 Å². The van der Waals surface area contributed by atoms with E-state index < -0.39 is 0 Å². The van der Waals surface area contributed by atoms with Crippen molar-refractivity contribution in [2.24, 2.45) is 0 Å². The summed E-state index contributed by atoms with van der Waals surface area (Å²) in [5.74, 6) is 0. The lowest BCUT2D eigenvalue weighted by Gasteiger charge is -2.28. The van der Waals surface area contributed by atoms with Crippen molar-refractivity contribution in [1.29, 1.82) is 0 Å². The summed E-state index contributed by atoms with van der Waals surface area (Å²) in [6, 6.07) is 67.5. The second-order valence-corrected chi connectivity index (χ2v) is 12.9. The molecule has 234 valence electrons. The van der Waals surface area contributed by atoms with Crippen LogP contribution in [0.4, 0.5) is 17.1 Å². The number of fused-ring (bicyclic) bond motifs is 8. The standard InChI is InChI=1S/C48H31NO/c1-2-12-32(13-3-1)33-26-28-37(29-27-33)49(45-31-36-25-24-34-14-4-5-17-39(34)47(36)43-20-7-6-18-41(43)45)38-16-10-15-35(30-38)40-21-11-22-44-42-19-8-9-23-46(42)50-48(40)44/h1-31H. The maximum atomic E-state index is 6.49. The van der Waals surface area contributed by atoms with Crippen LogP contribution in [0.2, 0.25) is 0 Å². The molecule has 0 bridgehead atoms. The van der Waals surface area contributed by atoms with Crippen LogP contribution in [0.5, 0.6) is 0 Å². The number of hydrogen-bond donors (Lipinski definition) is 0. The van der Waals surface area contributed by atoms with Crippen molar-refractivity contribution >= 4 is 71.3 Å². The number of furan rings is 1. The Morgan fingerprint density at radius 3 is 1.86 bits per heavy atom. The summed E-state index contributed by atoms with van der Waals surface area (Å²) in [4.78, 5) is 2.41. The van der Waals surface area contributed by atoms with Gasteiger partial charge in [0.1, 0.15) is 11.2 Å². The van der Waals surface area contributed by atoms with E-state index in [4.69, 9.17) is 4.42 Å². The number of rotatable bonds is 5. The molecule has 2 nitrogen and oxygen atoms in total. The lowest BCUT2D eigenvalue weighted by atomic mass is 9.94. The van der Waals surface area contributed by atoms with Crippen molar-refractivity contribution in [3.8, 4) is 22.3 Å². The fraction of sp³-hybridized carbons (Fsp3) is 0. The molecule has 2 heteroatoms. The summed E-state index contributed by atoms with van der Waals surface area (Å²) in [5.41, 5.74) is 9.69. The fourth-order valence-corrected chi connectivity index (χ4v) is 7.69. The molecule has 0 spiro atoms. The molecule has 50 heavy (non-hydrogen) atoms. The maximum Gasteiger partial charge on any atom is 0.143 e. The monoisotopic (exact) mass is 637 g/mol. The van der Waals surface area contributed by atoms with E-state index in [2.05, 4.69) is 181 Å². The Morgan fingerprint density at radius 1 is 0.360 bits per heavy atom. The molecule has 1 heterocycles. The first kappa shape index (κ1) is 28.4. The molecular weight excluding hydrogens is 607 g/mol. The van der Waals surface area contributed by atoms with Gasteiger partial charge in [-0.05, 0) is 80.0 Å². The molecule has 0 N–H and O–H groups in total. The lowest BCUT2D eigenvalue weighted by molar-refractivity contribution is 0.670. The van der Waals surface area contributed by atoms with Gasteiger partial charge in [-0.1, -0.05) is 152 Å². The van der Waals surface area contributed by atoms with Crippen molar-refractivity contribution in [2.75, 3.05) is 4.90 Å². The minimum Gasteiger partial charge on any atom is -0.455 e. The average molecular weight is 638 g/mol. The van der Waals surface area contributed by atoms with Crippen LogP contribution in [0.1, 0.15) is 0 Å². The summed E-state index contributed by atoms with van der Waals surface area (Å²) in [6.07, 6.45) is 0. The van der Waals surface area contributed by atoms with Crippen LogP contribution < -0.4 is 4.90 Å². The molecule has 0 atom stereocenters. The minimum atomic E-state index is 0.904. The third-order valence-corrected chi connectivity index (χ3v) is 10.0. The van der Waals surface area contributed by atoms with Crippen LogP contribution in [0.15, 0.2) is 192 Å². The van der Waals surface area contributed by atoms with E-state index in [1.165, 1.54) is 43.4 Å². The van der Waals surface area contributed by atoms with E-state index in [0.29, 0.717) is 0 Å². The number of anilines is 3. The second kappa shape index (κ2) is 11.5. The molecule has 0 radical (unpaired) electrons. The van der Waals surface area contributed by atoms with Crippen molar-refractivity contribution in [1.82, 2.24) is 0 Å². The molecule has 1 aromatic heterocycles. The molecule has 0 aliphatic heterocycles. The Kier molecular flexibility index (Phi) is 6.53. The SMILES string of the molecule is c1ccc(-c2ccc(N(c3cccc(-c4cccc5c4oc4ccccc45)c3)c3cc4ccc5ccccc5c4c4ccccc34)cc2)cc1. The highest BCUT2D eigenvalue weighted by Gasteiger charge is 2.20. The number of nitrogens with zero attached hydrogens (tertiary/aromatic N) is 1. The molecule has 0 fully saturated rings. The molecule has 0 saturated heterocycles. The zero-order chi connectivity index (χ0) is 33.0. The van der Waals surface area contributed by atoms with Gasteiger partial charge >= 0.3 is 0 Å². The van der Waals surface area contributed by atoms with E-state index in [-0.39, 0.29) is 0 Å². The van der Waals surface area contributed by atoms with Crippen LogP contribution in [0.3, 0.4) is 0 Å². The topological polar surface area (TPSA) is 16.4 Å². The van der Waals surface area contributed by atoms with Gasteiger partial charge in [-0.25, -0.2) is 0 Å². The molecule has 0 unspecified atom stereocenters. The van der Waals surface area contributed by atoms with Crippen molar-refractivity contribution in [3.05, 3.63) is 188 Å². The largest absolute Gasteiger partial charge is 0.455 e.